The SMILES string of the molecule is CCC[C@@H](N)C(=O)N1CC[C@@H](Oc2ccc(C(F)(F)F)cn2)C1. The summed E-state index contributed by atoms with van der Waals surface area (Å²) in [5, 5.41) is 0. The van der Waals surface area contributed by atoms with Gasteiger partial charge in [-0.1, -0.05) is 13.3 Å². The molecule has 128 valence electrons. The number of likely N-dealkylation sites (tertiary alicyclic amines) is 1. The zero-order valence-corrected chi connectivity index (χ0v) is 12.8. The van der Waals surface area contributed by atoms with Crippen molar-refractivity contribution >= 4 is 5.91 Å². The molecule has 8 heteroatoms. The number of nitrogens with two attached hydrogens (primary N) is 1. The highest BCUT2D eigenvalue weighted by molar-refractivity contribution is 5.81. The maximum absolute atomic E-state index is 12.5. The van der Waals surface area contributed by atoms with Crippen molar-refractivity contribution in [1.82, 2.24) is 9.88 Å². The average Bonchev–Trinajstić information content (AvgIpc) is 2.95. The van der Waals surface area contributed by atoms with E-state index in [1.54, 1.807) is 4.90 Å². The van der Waals surface area contributed by atoms with Gasteiger partial charge >= 0.3 is 6.18 Å². The van der Waals surface area contributed by atoms with E-state index < -0.39 is 17.8 Å². The van der Waals surface area contributed by atoms with Gasteiger partial charge in [0.1, 0.15) is 6.10 Å². The fourth-order valence-electron chi connectivity index (χ4n) is 2.48. The Morgan fingerprint density at radius 3 is 2.83 bits per heavy atom. The van der Waals surface area contributed by atoms with Crippen LogP contribution in [0.2, 0.25) is 0 Å². The predicted octanol–water partition coefficient (Wildman–Crippen LogP) is 2.21. The minimum Gasteiger partial charge on any atom is -0.472 e. The highest BCUT2D eigenvalue weighted by Crippen LogP contribution is 2.29. The van der Waals surface area contributed by atoms with Gasteiger partial charge in [-0.3, -0.25) is 4.79 Å². The van der Waals surface area contributed by atoms with Crippen LogP contribution in [0, 0.1) is 0 Å². The molecule has 1 aromatic heterocycles. The van der Waals surface area contributed by atoms with Crippen molar-refractivity contribution < 1.29 is 22.7 Å². The van der Waals surface area contributed by atoms with Crippen LogP contribution >= 0.6 is 0 Å². The van der Waals surface area contributed by atoms with Crippen LogP contribution in [-0.2, 0) is 11.0 Å². The van der Waals surface area contributed by atoms with E-state index in [0.717, 1.165) is 18.7 Å². The summed E-state index contributed by atoms with van der Waals surface area (Å²) in [6.07, 6.45) is -1.90. The van der Waals surface area contributed by atoms with Crippen LogP contribution in [0.15, 0.2) is 18.3 Å². The number of aromatic nitrogens is 1. The minimum atomic E-state index is -4.42. The molecule has 2 atom stereocenters. The van der Waals surface area contributed by atoms with Crippen LogP contribution < -0.4 is 10.5 Å². The topological polar surface area (TPSA) is 68.5 Å². The molecule has 1 aliphatic heterocycles. The van der Waals surface area contributed by atoms with Crippen LogP contribution in [0.1, 0.15) is 31.7 Å². The lowest BCUT2D eigenvalue weighted by molar-refractivity contribution is -0.138. The molecule has 0 aromatic carbocycles. The molecule has 0 unspecified atom stereocenters. The normalized spacial score (nSPS) is 19.7. The van der Waals surface area contributed by atoms with Gasteiger partial charge in [0.05, 0.1) is 18.2 Å². The minimum absolute atomic E-state index is 0.113. The molecule has 0 aliphatic carbocycles. The Morgan fingerprint density at radius 2 is 2.26 bits per heavy atom. The second kappa shape index (κ2) is 7.16. The average molecular weight is 331 g/mol. The second-order valence-corrected chi connectivity index (χ2v) is 5.59. The largest absolute Gasteiger partial charge is 0.472 e. The van der Waals surface area contributed by atoms with Gasteiger partial charge in [-0.2, -0.15) is 13.2 Å². The molecule has 1 amide bonds. The fraction of sp³-hybridized carbons (Fsp3) is 0.600. The van der Waals surface area contributed by atoms with Gasteiger partial charge in [0.25, 0.3) is 0 Å². The monoisotopic (exact) mass is 331 g/mol. The molecule has 2 heterocycles. The first-order valence-corrected chi connectivity index (χ1v) is 7.55. The Morgan fingerprint density at radius 1 is 1.52 bits per heavy atom. The van der Waals surface area contributed by atoms with Gasteiger partial charge in [0, 0.05) is 25.2 Å². The molecule has 1 aromatic rings. The number of pyridine rings is 1. The molecule has 23 heavy (non-hydrogen) atoms. The van der Waals surface area contributed by atoms with E-state index in [-0.39, 0.29) is 17.9 Å². The van der Waals surface area contributed by atoms with E-state index in [1.165, 1.54) is 6.07 Å². The summed E-state index contributed by atoms with van der Waals surface area (Å²) in [4.78, 5) is 17.4. The number of hydrogen-bond acceptors (Lipinski definition) is 4. The lowest BCUT2D eigenvalue weighted by Crippen LogP contribution is -2.43. The number of rotatable bonds is 5. The van der Waals surface area contributed by atoms with Crippen molar-refractivity contribution in [2.75, 3.05) is 13.1 Å². The van der Waals surface area contributed by atoms with Crippen LogP contribution in [0.4, 0.5) is 13.2 Å². The van der Waals surface area contributed by atoms with E-state index in [9.17, 15) is 18.0 Å². The lowest BCUT2D eigenvalue weighted by atomic mass is 10.1. The zero-order chi connectivity index (χ0) is 17.0. The first kappa shape index (κ1) is 17.5. The summed E-state index contributed by atoms with van der Waals surface area (Å²) >= 11 is 0. The maximum Gasteiger partial charge on any atom is 0.417 e. The van der Waals surface area contributed by atoms with Gasteiger partial charge in [0.15, 0.2) is 0 Å². The van der Waals surface area contributed by atoms with E-state index in [1.807, 2.05) is 6.92 Å². The van der Waals surface area contributed by atoms with Crippen molar-refractivity contribution in [2.45, 2.75) is 44.5 Å². The van der Waals surface area contributed by atoms with Gasteiger partial charge in [0.2, 0.25) is 11.8 Å². The summed E-state index contributed by atoms with van der Waals surface area (Å²) in [6.45, 7) is 2.86. The number of hydrogen-bond donors (Lipinski definition) is 1. The van der Waals surface area contributed by atoms with Crippen LogP contribution in [0.25, 0.3) is 0 Å². The maximum atomic E-state index is 12.5. The summed E-state index contributed by atoms with van der Waals surface area (Å²) in [5.41, 5.74) is 4.99. The number of carbonyl (C=O) groups excluding carboxylic acids is 1. The van der Waals surface area contributed by atoms with E-state index >= 15 is 0 Å². The lowest BCUT2D eigenvalue weighted by Gasteiger charge is -2.20. The van der Waals surface area contributed by atoms with E-state index in [4.69, 9.17) is 10.5 Å². The molecule has 1 fully saturated rings. The third-order valence-corrected chi connectivity index (χ3v) is 3.72. The van der Waals surface area contributed by atoms with Crippen molar-refractivity contribution in [3.05, 3.63) is 23.9 Å². The van der Waals surface area contributed by atoms with E-state index in [2.05, 4.69) is 4.98 Å². The molecule has 0 bridgehead atoms. The number of alkyl halides is 3. The Balaban J connectivity index is 1.89. The predicted molar refractivity (Wildman–Crippen MR) is 77.7 cm³/mol. The molecule has 1 aliphatic rings. The summed E-state index contributed by atoms with van der Waals surface area (Å²) in [6, 6.07) is 1.61. The Labute approximate surface area is 132 Å². The Hall–Kier alpha value is -1.83. The van der Waals surface area contributed by atoms with Crippen LogP contribution in [-0.4, -0.2) is 41.0 Å². The Bertz CT molecular complexity index is 534. The van der Waals surface area contributed by atoms with Crippen molar-refractivity contribution in [3.63, 3.8) is 0 Å². The van der Waals surface area contributed by atoms with Crippen molar-refractivity contribution in [2.24, 2.45) is 5.73 Å². The number of carbonyl (C=O) groups is 1. The first-order valence-electron chi connectivity index (χ1n) is 7.55. The smallest absolute Gasteiger partial charge is 0.417 e. The first-order chi connectivity index (χ1) is 10.8. The standard InChI is InChI=1S/C15H20F3N3O2/c1-2-3-12(19)14(22)21-7-6-11(9-21)23-13-5-4-10(8-20-13)15(16,17)18/h4-5,8,11-12H,2-3,6-7,9,19H2,1H3/t11-,12-/m1/s1. The second-order valence-electron chi connectivity index (χ2n) is 5.59. The van der Waals surface area contributed by atoms with Crippen LogP contribution in [0.3, 0.4) is 0 Å². The Kier molecular flexibility index (Phi) is 5.46. The van der Waals surface area contributed by atoms with Gasteiger partial charge in [-0.05, 0) is 12.5 Å². The molecule has 2 N–H and O–H groups in total. The molecule has 0 saturated carbocycles. The number of amides is 1. The molecule has 1 saturated heterocycles. The molecular formula is C15H20F3N3O2. The van der Waals surface area contributed by atoms with Gasteiger partial charge in [-0.15, -0.1) is 0 Å². The highest BCUT2D eigenvalue weighted by atomic mass is 19.4. The number of ether oxygens (including phenoxy) is 1. The van der Waals surface area contributed by atoms with E-state index in [0.29, 0.717) is 25.9 Å². The summed E-state index contributed by atoms with van der Waals surface area (Å²) in [7, 11) is 0. The summed E-state index contributed by atoms with van der Waals surface area (Å²) < 4.78 is 42.9. The van der Waals surface area contributed by atoms with Crippen LogP contribution in [0.5, 0.6) is 5.88 Å². The fourth-order valence-corrected chi connectivity index (χ4v) is 2.48. The molecule has 0 radical (unpaired) electrons. The zero-order valence-electron chi connectivity index (χ0n) is 12.8. The third kappa shape index (κ3) is 4.57. The number of halogens is 3. The highest BCUT2D eigenvalue weighted by Gasteiger charge is 2.32. The molecule has 0 spiro atoms. The summed E-state index contributed by atoms with van der Waals surface area (Å²) in [5.74, 6) is 0.00786. The van der Waals surface area contributed by atoms with Gasteiger partial charge in [-0.25, -0.2) is 4.98 Å². The third-order valence-electron chi connectivity index (χ3n) is 3.72. The van der Waals surface area contributed by atoms with Crippen molar-refractivity contribution in [1.29, 1.82) is 0 Å². The molecule has 5 nitrogen and oxygen atoms in total. The quantitative estimate of drug-likeness (QED) is 0.898. The molecule has 2 rings (SSSR count). The van der Waals surface area contributed by atoms with Gasteiger partial charge < -0.3 is 15.4 Å². The van der Waals surface area contributed by atoms with Crippen molar-refractivity contribution in [3.8, 4) is 5.88 Å². The number of nitrogens with zero attached hydrogens (tertiary/aromatic N) is 2. The molecular weight excluding hydrogens is 311 g/mol.